The van der Waals surface area contributed by atoms with E-state index in [0.29, 0.717) is 5.69 Å². The Balaban J connectivity index is 2.70. The zero-order valence-electron chi connectivity index (χ0n) is 12.6. The van der Waals surface area contributed by atoms with E-state index in [0.717, 1.165) is 11.1 Å². The molecule has 0 radical (unpaired) electrons. The second-order valence-electron chi connectivity index (χ2n) is 6.12. The molecule has 0 atom stereocenters. The van der Waals surface area contributed by atoms with Crippen LogP contribution in [-0.4, -0.2) is 20.9 Å². The van der Waals surface area contributed by atoms with Crippen LogP contribution in [0.4, 0.5) is 0 Å². The summed E-state index contributed by atoms with van der Waals surface area (Å²) in [5, 5.41) is 13.4. The van der Waals surface area contributed by atoms with Crippen LogP contribution in [0.25, 0.3) is 11.3 Å². The lowest BCUT2D eigenvalue weighted by molar-refractivity contribution is 0.0697. The highest BCUT2D eigenvalue weighted by atomic mass is 16.4. The van der Waals surface area contributed by atoms with Crippen molar-refractivity contribution < 1.29 is 9.90 Å². The predicted molar refractivity (Wildman–Crippen MR) is 79.0 cm³/mol. The first-order chi connectivity index (χ1) is 9.21. The van der Waals surface area contributed by atoms with Crippen molar-refractivity contribution in [2.75, 3.05) is 0 Å². The molecule has 106 valence electrons. The number of aromatic carboxylic acids is 1. The van der Waals surface area contributed by atoms with Crippen LogP contribution in [-0.2, 0) is 12.5 Å². The molecule has 1 aromatic carbocycles. The molecular weight excluding hydrogens is 252 g/mol. The molecule has 0 aliphatic carbocycles. The minimum atomic E-state index is -0.950. The Morgan fingerprint density at radius 1 is 1.30 bits per heavy atom. The first kappa shape index (κ1) is 14.3. The van der Waals surface area contributed by atoms with Crippen LogP contribution in [0.3, 0.4) is 0 Å². The Hall–Kier alpha value is -2.10. The fourth-order valence-electron chi connectivity index (χ4n) is 2.26. The van der Waals surface area contributed by atoms with E-state index < -0.39 is 5.97 Å². The van der Waals surface area contributed by atoms with E-state index in [1.807, 2.05) is 13.0 Å². The lowest BCUT2D eigenvalue weighted by atomic mass is 9.84. The van der Waals surface area contributed by atoms with Gasteiger partial charge in [0.05, 0.1) is 11.9 Å². The van der Waals surface area contributed by atoms with E-state index in [1.165, 1.54) is 11.8 Å². The minimum absolute atomic E-state index is 0.0183. The van der Waals surface area contributed by atoms with Gasteiger partial charge in [0.1, 0.15) is 5.56 Å². The van der Waals surface area contributed by atoms with Crippen molar-refractivity contribution in [2.45, 2.75) is 33.1 Å². The van der Waals surface area contributed by atoms with Gasteiger partial charge in [-0.3, -0.25) is 4.68 Å². The Morgan fingerprint density at radius 2 is 1.95 bits per heavy atom. The summed E-state index contributed by atoms with van der Waals surface area (Å²) >= 11 is 0. The molecule has 2 aromatic rings. The molecule has 1 heterocycles. The quantitative estimate of drug-likeness (QED) is 0.911. The highest BCUT2D eigenvalue weighted by Gasteiger charge is 2.21. The average molecular weight is 272 g/mol. The second kappa shape index (κ2) is 4.78. The van der Waals surface area contributed by atoms with Crippen LogP contribution in [0, 0.1) is 6.92 Å². The van der Waals surface area contributed by atoms with Crippen molar-refractivity contribution in [3.8, 4) is 11.3 Å². The van der Waals surface area contributed by atoms with E-state index >= 15 is 0 Å². The summed E-state index contributed by atoms with van der Waals surface area (Å²) < 4.78 is 1.62. The predicted octanol–water partition coefficient (Wildman–Crippen LogP) is 3.39. The van der Waals surface area contributed by atoms with Crippen molar-refractivity contribution in [1.82, 2.24) is 9.78 Å². The van der Waals surface area contributed by atoms with Gasteiger partial charge < -0.3 is 5.11 Å². The van der Waals surface area contributed by atoms with Crippen LogP contribution in [0.5, 0.6) is 0 Å². The molecule has 0 aliphatic rings. The smallest absolute Gasteiger partial charge is 0.339 e. The van der Waals surface area contributed by atoms with Gasteiger partial charge in [-0.25, -0.2) is 4.79 Å². The first-order valence-electron chi connectivity index (χ1n) is 6.58. The van der Waals surface area contributed by atoms with Crippen LogP contribution in [0.15, 0.2) is 24.4 Å². The summed E-state index contributed by atoms with van der Waals surface area (Å²) in [7, 11) is 1.77. The molecule has 1 N–H and O–H groups in total. The molecule has 0 fully saturated rings. The van der Waals surface area contributed by atoms with Gasteiger partial charge in [0.2, 0.25) is 0 Å². The molecule has 0 spiro atoms. The third-order valence-corrected chi connectivity index (χ3v) is 3.53. The molecule has 0 unspecified atom stereocenters. The van der Waals surface area contributed by atoms with Gasteiger partial charge >= 0.3 is 5.97 Å². The fourth-order valence-corrected chi connectivity index (χ4v) is 2.26. The molecule has 0 saturated carbocycles. The molecule has 4 heteroatoms. The third kappa shape index (κ3) is 2.46. The van der Waals surface area contributed by atoms with E-state index in [2.05, 4.69) is 38.0 Å². The second-order valence-corrected chi connectivity index (χ2v) is 6.12. The van der Waals surface area contributed by atoms with Gasteiger partial charge in [-0.15, -0.1) is 0 Å². The summed E-state index contributed by atoms with van der Waals surface area (Å²) in [6, 6.07) is 6.20. The summed E-state index contributed by atoms with van der Waals surface area (Å²) in [6.07, 6.45) is 1.40. The van der Waals surface area contributed by atoms with Crippen LogP contribution in [0.1, 0.15) is 42.3 Å². The highest BCUT2D eigenvalue weighted by Crippen LogP contribution is 2.31. The van der Waals surface area contributed by atoms with Gasteiger partial charge in [0.15, 0.2) is 0 Å². The average Bonchev–Trinajstić information content (AvgIpc) is 2.70. The molecule has 0 amide bonds. The molecule has 20 heavy (non-hydrogen) atoms. The van der Waals surface area contributed by atoms with Crippen LogP contribution in [0.2, 0.25) is 0 Å². The number of nitrogens with zero attached hydrogens (tertiary/aromatic N) is 2. The number of carboxylic acid groups (broad SMARTS) is 1. The zero-order valence-corrected chi connectivity index (χ0v) is 12.6. The third-order valence-electron chi connectivity index (χ3n) is 3.53. The maximum atomic E-state index is 11.3. The van der Waals surface area contributed by atoms with E-state index in [9.17, 15) is 9.90 Å². The Morgan fingerprint density at radius 3 is 2.50 bits per heavy atom. The Bertz CT molecular complexity index is 664. The van der Waals surface area contributed by atoms with Crippen molar-refractivity contribution in [2.24, 2.45) is 7.05 Å². The first-order valence-corrected chi connectivity index (χ1v) is 6.58. The lowest BCUT2D eigenvalue weighted by Crippen LogP contribution is -2.12. The van der Waals surface area contributed by atoms with Crippen molar-refractivity contribution in [3.63, 3.8) is 0 Å². The number of hydrogen-bond donors (Lipinski definition) is 1. The molecule has 0 bridgehead atoms. The number of carboxylic acids is 1. The molecule has 0 saturated heterocycles. The van der Waals surface area contributed by atoms with E-state index in [-0.39, 0.29) is 11.0 Å². The van der Waals surface area contributed by atoms with Crippen molar-refractivity contribution >= 4 is 5.97 Å². The molecule has 2 rings (SSSR count). The summed E-state index contributed by atoms with van der Waals surface area (Å²) in [6.45, 7) is 8.41. The number of aryl methyl sites for hydroxylation is 2. The zero-order chi connectivity index (χ0) is 15.1. The van der Waals surface area contributed by atoms with Gasteiger partial charge in [0.25, 0.3) is 0 Å². The SMILES string of the molecule is Cc1ccc(C(C)(C)C)cc1-c1c(C(=O)O)cnn1C. The van der Waals surface area contributed by atoms with E-state index in [4.69, 9.17) is 0 Å². The maximum absolute atomic E-state index is 11.3. The number of hydrogen-bond acceptors (Lipinski definition) is 2. The molecular formula is C16H20N2O2. The standard InChI is InChI=1S/C16H20N2O2/c1-10-6-7-11(16(2,3)4)8-12(10)14-13(15(19)20)9-17-18(14)5/h6-9H,1-5H3,(H,19,20). The largest absolute Gasteiger partial charge is 0.478 e. The number of aromatic nitrogens is 2. The lowest BCUT2D eigenvalue weighted by Gasteiger charge is -2.21. The summed E-state index contributed by atoms with van der Waals surface area (Å²) in [5.41, 5.74) is 4.06. The highest BCUT2D eigenvalue weighted by molar-refractivity contribution is 5.95. The van der Waals surface area contributed by atoms with Crippen LogP contribution >= 0.6 is 0 Å². The van der Waals surface area contributed by atoms with Gasteiger partial charge in [0, 0.05) is 12.6 Å². The molecule has 0 aliphatic heterocycles. The normalized spacial score (nSPS) is 11.7. The van der Waals surface area contributed by atoms with Crippen LogP contribution < -0.4 is 0 Å². The van der Waals surface area contributed by atoms with Gasteiger partial charge in [-0.05, 0) is 29.5 Å². The summed E-state index contributed by atoms with van der Waals surface area (Å²) in [5.74, 6) is -0.950. The number of rotatable bonds is 2. The number of carbonyl (C=O) groups is 1. The number of benzene rings is 1. The Kier molecular flexibility index (Phi) is 3.42. The maximum Gasteiger partial charge on any atom is 0.339 e. The minimum Gasteiger partial charge on any atom is -0.478 e. The van der Waals surface area contributed by atoms with E-state index in [1.54, 1.807) is 11.7 Å². The molecule has 4 nitrogen and oxygen atoms in total. The van der Waals surface area contributed by atoms with Gasteiger partial charge in [-0.1, -0.05) is 32.9 Å². The van der Waals surface area contributed by atoms with Crippen molar-refractivity contribution in [1.29, 1.82) is 0 Å². The van der Waals surface area contributed by atoms with Crippen molar-refractivity contribution in [3.05, 3.63) is 41.1 Å². The molecule has 1 aromatic heterocycles. The van der Waals surface area contributed by atoms with Gasteiger partial charge in [-0.2, -0.15) is 5.10 Å². The monoisotopic (exact) mass is 272 g/mol. The summed E-state index contributed by atoms with van der Waals surface area (Å²) in [4.78, 5) is 11.3. The topological polar surface area (TPSA) is 55.1 Å². The Labute approximate surface area is 119 Å². The fraction of sp³-hybridized carbons (Fsp3) is 0.375.